The van der Waals surface area contributed by atoms with Gasteiger partial charge in [0.2, 0.25) is 10.0 Å². The largest absolute Gasteiger partial charge is 0.468 e. The Morgan fingerprint density at radius 1 is 1.38 bits per heavy atom. The Morgan fingerprint density at radius 3 is 2.81 bits per heavy atom. The summed E-state index contributed by atoms with van der Waals surface area (Å²) >= 11 is 0. The van der Waals surface area contributed by atoms with Crippen LogP contribution < -0.4 is 0 Å². The Bertz CT molecular complexity index is 774. The van der Waals surface area contributed by atoms with Crippen LogP contribution in [0, 0.1) is 11.3 Å². The molecule has 108 valence electrons. The first-order valence-corrected chi connectivity index (χ1v) is 7.96. The minimum Gasteiger partial charge on any atom is -0.468 e. The molecule has 7 heteroatoms. The van der Waals surface area contributed by atoms with E-state index in [2.05, 4.69) is 4.98 Å². The maximum absolute atomic E-state index is 12.8. The first-order chi connectivity index (χ1) is 10.1. The predicted molar refractivity (Wildman–Crippen MR) is 73.4 cm³/mol. The van der Waals surface area contributed by atoms with Crippen molar-refractivity contribution in [2.75, 3.05) is 0 Å². The molecule has 0 radical (unpaired) electrons. The second kappa shape index (κ2) is 5.31. The Balaban J connectivity index is 2.00. The minimum absolute atomic E-state index is 0.0353. The van der Waals surface area contributed by atoms with Gasteiger partial charge in [0.15, 0.2) is 5.69 Å². The molecule has 21 heavy (non-hydrogen) atoms. The maximum Gasteiger partial charge on any atom is 0.246 e. The van der Waals surface area contributed by atoms with E-state index in [1.165, 1.54) is 28.9 Å². The molecule has 0 spiro atoms. The highest BCUT2D eigenvalue weighted by Crippen LogP contribution is 2.34. The average molecular weight is 303 g/mol. The van der Waals surface area contributed by atoms with Gasteiger partial charge in [-0.1, -0.05) is 0 Å². The number of hydrogen-bond donors (Lipinski definition) is 0. The normalized spacial score (nSPS) is 15.0. The molecular weight excluding hydrogens is 290 g/mol. The number of pyridine rings is 1. The molecule has 0 unspecified atom stereocenters. The quantitative estimate of drug-likeness (QED) is 0.842. The molecule has 6 nitrogen and oxygen atoms in total. The number of sulfonamides is 1. The summed E-state index contributed by atoms with van der Waals surface area (Å²) in [6.07, 6.45) is 4.56. The minimum atomic E-state index is -3.77. The van der Waals surface area contributed by atoms with E-state index in [1.807, 2.05) is 6.07 Å². The van der Waals surface area contributed by atoms with E-state index in [9.17, 15) is 8.42 Å². The third-order valence-corrected chi connectivity index (χ3v) is 5.24. The summed E-state index contributed by atoms with van der Waals surface area (Å²) in [5.41, 5.74) is -0.0809. The topological polar surface area (TPSA) is 87.2 Å². The van der Waals surface area contributed by atoms with Gasteiger partial charge < -0.3 is 4.42 Å². The predicted octanol–water partition coefficient (Wildman–Crippen LogP) is 1.90. The zero-order chi connectivity index (χ0) is 14.9. The van der Waals surface area contributed by atoms with E-state index in [-0.39, 0.29) is 23.2 Å². The van der Waals surface area contributed by atoms with E-state index < -0.39 is 10.0 Å². The van der Waals surface area contributed by atoms with Crippen molar-refractivity contribution in [3.05, 3.63) is 48.2 Å². The first kappa shape index (κ1) is 13.8. The number of hydrogen-bond acceptors (Lipinski definition) is 5. The van der Waals surface area contributed by atoms with Crippen LogP contribution in [0.25, 0.3) is 0 Å². The number of nitriles is 1. The van der Waals surface area contributed by atoms with Crippen molar-refractivity contribution in [1.29, 1.82) is 5.26 Å². The van der Waals surface area contributed by atoms with Gasteiger partial charge in [-0.3, -0.25) is 0 Å². The highest BCUT2D eigenvalue weighted by Gasteiger charge is 2.39. The van der Waals surface area contributed by atoms with Crippen LogP contribution in [0.3, 0.4) is 0 Å². The van der Waals surface area contributed by atoms with Crippen LogP contribution in [0.5, 0.6) is 0 Å². The number of rotatable bonds is 5. The molecule has 0 aromatic carbocycles. The monoisotopic (exact) mass is 303 g/mol. The fourth-order valence-electron chi connectivity index (χ4n) is 2.14. The lowest BCUT2D eigenvalue weighted by Crippen LogP contribution is -2.33. The van der Waals surface area contributed by atoms with Crippen LogP contribution in [0.4, 0.5) is 0 Å². The van der Waals surface area contributed by atoms with E-state index in [4.69, 9.17) is 9.68 Å². The third kappa shape index (κ3) is 2.68. The Morgan fingerprint density at radius 2 is 2.19 bits per heavy atom. The van der Waals surface area contributed by atoms with Crippen LogP contribution in [0.15, 0.2) is 46.0 Å². The molecule has 2 heterocycles. The molecule has 2 aromatic rings. The molecule has 0 aliphatic heterocycles. The second-order valence-electron chi connectivity index (χ2n) is 4.82. The van der Waals surface area contributed by atoms with Gasteiger partial charge in [0.25, 0.3) is 0 Å². The molecule has 1 aliphatic rings. The van der Waals surface area contributed by atoms with Crippen molar-refractivity contribution in [3.8, 4) is 6.07 Å². The highest BCUT2D eigenvalue weighted by atomic mass is 32.2. The van der Waals surface area contributed by atoms with Crippen molar-refractivity contribution in [3.63, 3.8) is 0 Å². The smallest absolute Gasteiger partial charge is 0.246 e. The zero-order valence-electron chi connectivity index (χ0n) is 11.1. The SMILES string of the molecule is N#Cc1ncccc1S(=O)(=O)N(Cc1ccco1)C1CC1. The summed E-state index contributed by atoms with van der Waals surface area (Å²) in [7, 11) is -3.77. The average Bonchev–Trinajstić information content (AvgIpc) is 3.20. The van der Waals surface area contributed by atoms with Crippen molar-refractivity contribution in [2.45, 2.75) is 30.3 Å². The summed E-state index contributed by atoms with van der Waals surface area (Å²) in [6.45, 7) is 0.166. The molecule has 3 rings (SSSR count). The molecule has 0 bridgehead atoms. The van der Waals surface area contributed by atoms with Crippen molar-refractivity contribution in [2.24, 2.45) is 0 Å². The fraction of sp³-hybridized carbons (Fsp3) is 0.286. The summed E-state index contributed by atoms with van der Waals surface area (Å²) in [5, 5.41) is 9.06. The van der Waals surface area contributed by atoms with Gasteiger partial charge in [0.05, 0.1) is 12.8 Å². The molecule has 1 aliphatic carbocycles. The zero-order valence-corrected chi connectivity index (χ0v) is 12.0. The standard InChI is InChI=1S/C14H13N3O3S/c15-9-13-14(4-1-7-16-13)21(18,19)17(11-5-6-11)10-12-3-2-8-20-12/h1-4,7-8,11H,5-6,10H2. The molecular formula is C14H13N3O3S. The maximum atomic E-state index is 12.8. The molecule has 0 atom stereocenters. The van der Waals surface area contributed by atoms with Crippen molar-refractivity contribution in [1.82, 2.24) is 9.29 Å². The van der Waals surface area contributed by atoms with Gasteiger partial charge in [-0.05, 0) is 37.1 Å². The first-order valence-electron chi connectivity index (χ1n) is 6.52. The summed E-state index contributed by atoms with van der Waals surface area (Å²) < 4.78 is 32.3. The van der Waals surface area contributed by atoms with Crippen LogP contribution in [0.2, 0.25) is 0 Å². The fourth-order valence-corrected chi connectivity index (χ4v) is 3.88. The third-order valence-electron chi connectivity index (χ3n) is 3.31. The Hall–Kier alpha value is -2.17. The summed E-state index contributed by atoms with van der Waals surface area (Å²) in [4.78, 5) is 3.78. The molecule has 1 saturated carbocycles. The van der Waals surface area contributed by atoms with Crippen LogP contribution in [-0.4, -0.2) is 23.7 Å². The van der Waals surface area contributed by atoms with Crippen molar-refractivity contribution >= 4 is 10.0 Å². The second-order valence-corrected chi connectivity index (χ2v) is 6.68. The Labute approximate surface area is 122 Å². The van der Waals surface area contributed by atoms with Gasteiger partial charge >= 0.3 is 0 Å². The van der Waals surface area contributed by atoms with Gasteiger partial charge in [0, 0.05) is 12.2 Å². The lowest BCUT2D eigenvalue weighted by molar-refractivity contribution is 0.356. The highest BCUT2D eigenvalue weighted by molar-refractivity contribution is 7.89. The Kier molecular flexibility index (Phi) is 3.49. The van der Waals surface area contributed by atoms with Gasteiger partial charge in [-0.15, -0.1) is 0 Å². The van der Waals surface area contributed by atoms with Gasteiger partial charge in [-0.2, -0.15) is 9.57 Å². The van der Waals surface area contributed by atoms with E-state index in [0.29, 0.717) is 5.76 Å². The molecule has 0 amide bonds. The van der Waals surface area contributed by atoms with E-state index in [0.717, 1.165) is 12.8 Å². The van der Waals surface area contributed by atoms with Crippen LogP contribution in [0.1, 0.15) is 24.3 Å². The van der Waals surface area contributed by atoms with Crippen LogP contribution in [-0.2, 0) is 16.6 Å². The molecule has 2 aromatic heterocycles. The number of nitrogens with zero attached hydrogens (tertiary/aromatic N) is 3. The van der Waals surface area contributed by atoms with E-state index in [1.54, 1.807) is 12.1 Å². The van der Waals surface area contributed by atoms with E-state index >= 15 is 0 Å². The summed E-state index contributed by atoms with van der Waals surface area (Å²) in [6, 6.07) is 8.19. The molecule has 1 fully saturated rings. The van der Waals surface area contributed by atoms with Crippen molar-refractivity contribution < 1.29 is 12.8 Å². The molecule has 0 saturated heterocycles. The van der Waals surface area contributed by atoms with Crippen LogP contribution >= 0.6 is 0 Å². The lowest BCUT2D eigenvalue weighted by atomic mass is 10.4. The number of furan rings is 1. The number of aromatic nitrogens is 1. The lowest BCUT2D eigenvalue weighted by Gasteiger charge is -2.21. The molecule has 0 N–H and O–H groups in total. The van der Waals surface area contributed by atoms with Gasteiger partial charge in [0.1, 0.15) is 16.7 Å². The van der Waals surface area contributed by atoms with Gasteiger partial charge in [-0.25, -0.2) is 13.4 Å². The summed E-state index contributed by atoms with van der Waals surface area (Å²) in [5.74, 6) is 0.577.